The van der Waals surface area contributed by atoms with E-state index < -0.39 is 5.60 Å². The third-order valence-electron chi connectivity index (χ3n) is 4.74. The lowest BCUT2D eigenvalue weighted by Crippen LogP contribution is -2.48. The molecule has 0 aromatic rings. The van der Waals surface area contributed by atoms with E-state index in [1.165, 1.54) is 0 Å². The normalized spacial score (nSPS) is 15.7. The second-order valence-electron chi connectivity index (χ2n) is 7.13. The van der Waals surface area contributed by atoms with Gasteiger partial charge in [-0.25, -0.2) is 0 Å². The Morgan fingerprint density at radius 3 is 2.00 bits per heavy atom. The Morgan fingerprint density at radius 2 is 1.63 bits per heavy atom. The highest BCUT2D eigenvalue weighted by Gasteiger charge is 2.46. The summed E-state index contributed by atoms with van der Waals surface area (Å²) < 4.78 is 5.86. The summed E-state index contributed by atoms with van der Waals surface area (Å²) in [5.41, 5.74) is -0.326. The van der Waals surface area contributed by atoms with Crippen LogP contribution < -0.4 is 0 Å². The molecule has 2 heteroatoms. The summed E-state index contributed by atoms with van der Waals surface area (Å²) >= 11 is 0. The van der Waals surface area contributed by atoms with Gasteiger partial charge in [0.15, 0.2) is 0 Å². The minimum atomic E-state index is -0.443. The van der Waals surface area contributed by atoms with Crippen LogP contribution in [0.4, 0.5) is 0 Å². The van der Waals surface area contributed by atoms with Crippen molar-refractivity contribution in [3.63, 3.8) is 0 Å². The maximum absolute atomic E-state index is 11.9. The Labute approximate surface area is 119 Å². The molecule has 1 unspecified atom stereocenters. The maximum atomic E-state index is 11.9. The summed E-state index contributed by atoms with van der Waals surface area (Å²) in [6, 6.07) is 0. The zero-order valence-corrected chi connectivity index (χ0v) is 13.9. The van der Waals surface area contributed by atoms with Gasteiger partial charge < -0.3 is 4.74 Å². The van der Waals surface area contributed by atoms with Gasteiger partial charge in [-0.3, -0.25) is 4.79 Å². The van der Waals surface area contributed by atoms with Gasteiger partial charge in [-0.15, -0.1) is 6.58 Å². The van der Waals surface area contributed by atoms with E-state index in [2.05, 4.69) is 55.0 Å². The van der Waals surface area contributed by atoms with Crippen molar-refractivity contribution < 1.29 is 9.53 Å². The third-order valence-corrected chi connectivity index (χ3v) is 4.74. The fourth-order valence-corrected chi connectivity index (χ4v) is 2.24. The Hall–Kier alpha value is -0.790. The first-order valence-electron chi connectivity index (χ1n) is 7.36. The molecule has 0 spiro atoms. The van der Waals surface area contributed by atoms with E-state index in [-0.39, 0.29) is 23.2 Å². The molecule has 0 aliphatic carbocycles. The third kappa shape index (κ3) is 5.00. The average molecular weight is 268 g/mol. The summed E-state index contributed by atoms with van der Waals surface area (Å²) in [7, 11) is 0. The Morgan fingerprint density at radius 1 is 1.11 bits per heavy atom. The lowest BCUT2D eigenvalue weighted by molar-refractivity contribution is -0.177. The molecule has 0 aromatic carbocycles. The number of carbonyl (C=O) groups excluding carboxylic acids is 1. The molecular weight excluding hydrogens is 236 g/mol. The molecule has 0 N–H and O–H groups in total. The first kappa shape index (κ1) is 18.2. The van der Waals surface area contributed by atoms with Crippen LogP contribution in [0.2, 0.25) is 0 Å². The van der Waals surface area contributed by atoms with Crippen LogP contribution in [0.1, 0.15) is 74.1 Å². The largest absolute Gasteiger partial charge is 0.459 e. The van der Waals surface area contributed by atoms with Crippen molar-refractivity contribution in [3.05, 3.63) is 12.7 Å². The van der Waals surface area contributed by atoms with Crippen molar-refractivity contribution in [3.8, 4) is 0 Å². The van der Waals surface area contributed by atoms with E-state index >= 15 is 0 Å². The lowest BCUT2D eigenvalue weighted by atomic mass is 9.66. The molecule has 0 saturated carbocycles. The van der Waals surface area contributed by atoms with E-state index in [1.54, 1.807) is 6.08 Å². The summed E-state index contributed by atoms with van der Waals surface area (Å²) in [5, 5.41) is 0. The van der Waals surface area contributed by atoms with Crippen molar-refractivity contribution in [2.45, 2.75) is 79.8 Å². The van der Waals surface area contributed by atoms with Crippen LogP contribution >= 0.6 is 0 Å². The van der Waals surface area contributed by atoms with E-state index in [9.17, 15) is 4.79 Å². The van der Waals surface area contributed by atoms with Gasteiger partial charge in [-0.2, -0.15) is 0 Å². The van der Waals surface area contributed by atoms with E-state index in [0.717, 1.165) is 19.3 Å². The lowest BCUT2D eigenvalue weighted by Gasteiger charge is -2.47. The highest BCUT2D eigenvalue weighted by molar-refractivity contribution is 5.71. The average Bonchev–Trinajstić information content (AvgIpc) is 2.28. The highest BCUT2D eigenvalue weighted by Crippen LogP contribution is 2.45. The number of ether oxygens (including phenoxy) is 1. The number of esters is 1. The van der Waals surface area contributed by atoms with Gasteiger partial charge >= 0.3 is 5.97 Å². The maximum Gasteiger partial charge on any atom is 0.310 e. The van der Waals surface area contributed by atoms with Crippen molar-refractivity contribution in [2.24, 2.45) is 10.8 Å². The van der Waals surface area contributed by atoms with Gasteiger partial charge in [0.25, 0.3) is 0 Å². The van der Waals surface area contributed by atoms with Crippen LogP contribution in [0.15, 0.2) is 12.7 Å². The predicted octanol–water partition coefficient (Wildman–Crippen LogP) is 5.13. The molecule has 0 radical (unpaired) electrons. The van der Waals surface area contributed by atoms with E-state index in [4.69, 9.17) is 4.74 Å². The standard InChI is InChI=1S/C17H32O2/c1-9-12-14(18)19-17(8,16(6,7)11-3)13-15(4,5)10-2/h9H,1,10-13H2,2-8H3. The highest BCUT2D eigenvalue weighted by atomic mass is 16.6. The van der Waals surface area contributed by atoms with Crippen LogP contribution in [0.3, 0.4) is 0 Å². The van der Waals surface area contributed by atoms with Gasteiger partial charge in [0.1, 0.15) is 5.60 Å². The molecule has 0 fully saturated rings. The molecule has 0 saturated heterocycles. The summed E-state index contributed by atoms with van der Waals surface area (Å²) in [5.74, 6) is -0.175. The van der Waals surface area contributed by atoms with Crippen molar-refractivity contribution in [2.75, 3.05) is 0 Å². The van der Waals surface area contributed by atoms with Gasteiger partial charge in [0.2, 0.25) is 0 Å². The minimum Gasteiger partial charge on any atom is -0.459 e. The molecule has 0 heterocycles. The Balaban J connectivity index is 5.25. The molecule has 19 heavy (non-hydrogen) atoms. The topological polar surface area (TPSA) is 26.3 Å². The number of carbonyl (C=O) groups is 1. The zero-order valence-electron chi connectivity index (χ0n) is 13.9. The molecule has 2 nitrogen and oxygen atoms in total. The van der Waals surface area contributed by atoms with Crippen LogP contribution in [-0.2, 0) is 9.53 Å². The van der Waals surface area contributed by atoms with Crippen LogP contribution in [0.25, 0.3) is 0 Å². The van der Waals surface area contributed by atoms with Crippen LogP contribution in [-0.4, -0.2) is 11.6 Å². The van der Waals surface area contributed by atoms with Gasteiger partial charge in [0, 0.05) is 5.41 Å². The van der Waals surface area contributed by atoms with Crippen LogP contribution in [0.5, 0.6) is 0 Å². The predicted molar refractivity (Wildman–Crippen MR) is 82.1 cm³/mol. The van der Waals surface area contributed by atoms with Gasteiger partial charge in [0.05, 0.1) is 6.42 Å². The summed E-state index contributed by atoms with van der Waals surface area (Å²) in [4.78, 5) is 11.9. The van der Waals surface area contributed by atoms with Gasteiger partial charge in [-0.05, 0) is 25.2 Å². The monoisotopic (exact) mass is 268 g/mol. The summed E-state index contributed by atoms with van der Waals surface area (Å²) in [6.45, 7) is 18.8. The molecule has 0 aromatic heterocycles. The molecule has 0 bridgehead atoms. The van der Waals surface area contributed by atoms with Crippen molar-refractivity contribution in [1.29, 1.82) is 0 Å². The van der Waals surface area contributed by atoms with Crippen molar-refractivity contribution in [1.82, 2.24) is 0 Å². The number of rotatable bonds is 8. The SMILES string of the molecule is C=CCC(=O)OC(C)(CC(C)(C)CC)C(C)(C)CC. The van der Waals surface area contributed by atoms with Crippen LogP contribution in [0, 0.1) is 10.8 Å². The molecular formula is C17H32O2. The molecule has 112 valence electrons. The fraction of sp³-hybridized carbons (Fsp3) is 0.824. The Kier molecular flexibility index (Phi) is 6.31. The van der Waals surface area contributed by atoms with Crippen molar-refractivity contribution >= 4 is 5.97 Å². The van der Waals surface area contributed by atoms with Gasteiger partial charge in [-0.1, -0.05) is 54.0 Å². The first-order chi connectivity index (χ1) is 8.53. The second-order valence-corrected chi connectivity index (χ2v) is 7.13. The minimum absolute atomic E-state index is 0.0454. The Bertz CT molecular complexity index is 315. The number of hydrogen-bond acceptors (Lipinski definition) is 2. The smallest absolute Gasteiger partial charge is 0.310 e. The first-order valence-corrected chi connectivity index (χ1v) is 7.36. The molecule has 0 amide bonds. The zero-order chi connectivity index (χ0) is 15.3. The molecule has 1 atom stereocenters. The summed E-state index contributed by atoms with van der Waals surface area (Å²) in [6.07, 6.45) is 4.81. The molecule has 0 aliphatic rings. The number of hydrogen-bond donors (Lipinski definition) is 0. The fourth-order valence-electron chi connectivity index (χ4n) is 2.24. The second kappa shape index (κ2) is 6.58. The molecule has 0 aliphatic heterocycles. The van der Waals surface area contributed by atoms with E-state index in [1.807, 2.05) is 0 Å². The molecule has 0 rings (SSSR count). The van der Waals surface area contributed by atoms with E-state index in [0.29, 0.717) is 0 Å². The quantitative estimate of drug-likeness (QED) is 0.451.